The molecule has 31 heavy (non-hydrogen) atoms. The number of piperidine rings is 1. The quantitative estimate of drug-likeness (QED) is 0.669. The molecule has 1 aliphatic rings. The molecule has 1 atom stereocenters. The molecule has 168 valence electrons. The van der Waals surface area contributed by atoms with E-state index in [9.17, 15) is 13.2 Å². The number of carbonyl (C=O) groups excluding carboxylic acids is 1. The van der Waals surface area contributed by atoms with Crippen molar-refractivity contribution in [2.24, 2.45) is 5.92 Å². The lowest BCUT2D eigenvalue weighted by Crippen LogP contribution is -2.43. The zero-order valence-corrected chi connectivity index (χ0v) is 19.3. The number of hydrogen-bond donors (Lipinski definition) is 1. The molecule has 1 fully saturated rings. The minimum atomic E-state index is -3.57. The van der Waals surface area contributed by atoms with E-state index in [1.165, 1.54) is 9.87 Å². The number of nitrogens with zero attached hydrogens (tertiary/aromatic N) is 1. The van der Waals surface area contributed by atoms with Gasteiger partial charge in [-0.3, -0.25) is 4.79 Å². The third-order valence-electron chi connectivity index (χ3n) is 5.84. The molecule has 0 spiro atoms. The molecule has 1 N–H and O–H groups in total. The summed E-state index contributed by atoms with van der Waals surface area (Å²) < 4.78 is 32.7. The lowest BCUT2D eigenvalue weighted by atomic mass is 9.96. The van der Waals surface area contributed by atoms with E-state index in [1.54, 1.807) is 24.3 Å². The summed E-state index contributed by atoms with van der Waals surface area (Å²) in [5.74, 6) is 0.463. The molecule has 0 radical (unpaired) electrons. The highest BCUT2D eigenvalue weighted by molar-refractivity contribution is 7.89. The van der Waals surface area contributed by atoms with Gasteiger partial charge in [0.1, 0.15) is 5.75 Å². The summed E-state index contributed by atoms with van der Waals surface area (Å²) in [5.41, 5.74) is 2.34. The second-order valence-electron chi connectivity index (χ2n) is 7.91. The number of sulfonamides is 1. The smallest absolute Gasteiger partial charge is 0.243 e. The first-order chi connectivity index (χ1) is 14.8. The summed E-state index contributed by atoms with van der Waals surface area (Å²) in [6, 6.07) is 14.7. The van der Waals surface area contributed by atoms with Crippen LogP contribution in [-0.2, 0) is 21.2 Å². The molecule has 1 amide bonds. The van der Waals surface area contributed by atoms with Crippen LogP contribution in [0.15, 0.2) is 53.4 Å². The first-order valence-corrected chi connectivity index (χ1v) is 12.4. The van der Waals surface area contributed by atoms with Crippen molar-refractivity contribution in [2.75, 3.05) is 19.7 Å². The van der Waals surface area contributed by atoms with Crippen LogP contribution in [0.4, 0.5) is 0 Å². The fourth-order valence-electron chi connectivity index (χ4n) is 3.84. The van der Waals surface area contributed by atoms with Gasteiger partial charge in [0.05, 0.1) is 17.5 Å². The molecule has 3 rings (SSSR count). The molecule has 1 heterocycles. The van der Waals surface area contributed by atoms with Gasteiger partial charge in [0.25, 0.3) is 0 Å². The maximum atomic E-state index is 12.9. The van der Waals surface area contributed by atoms with Gasteiger partial charge >= 0.3 is 0 Å². The van der Waals surface area contributed by atoms with Crippen LogP contribution >= 0.6 is 0 Å². The molecule has 6 nitrogen and oxygen atoms in total. The van der Waals surface area contributed by atoms with Crippen LogP contribution < -0.4 is 10.1 Å². The molecular weight excluding hydrogens is 412 g/mol. The van der Waals surface area contributed by atoms with E-state index >= 15 is 0 Å². The first kappa shape index (κ1) is 23.3. The summed E-state index contributed by atoms with van der Waals surface area (Å²) >= 11 is 0. The Morgan fingerprint density at radius 3 is 2.23 bits per heavy atom. The Morgan fingerprint density at radius 2 is 1.68 bits per heavy atom. The van der Waals surface area contributed by atoms with E-state index in [4.69, 9.17) is 4.74 Å². The van der Waals surface area contributed by atoms with Crippen molar-refractivity contribution >= 4 is 15.9 Å². The Balaban J connectivity index is 1.55. The van der Waals surface area contributed by atoms with Crippen LogP contribution in [0.2, 0.25) is 0 Å². The van der Waals surface area contributed by atoms with Gasteiger partial charge in [-0.05, 0) is 68.5 Å². The Bertz CT molecular complexity index is 964. The van der Waals surface area contributed by atoms with Crippen LogP contribution in [0.25, 0.3) is 0 Å². The normalized spacial score (nSPS) is 16.6. The summed E-state index contributed by atoms with van der Waals surface area (Å²) in [5, 5.41) is 3.09. The van der Waals surface area contributed by atoms with Crippen LogP contribution in [0, 0.1) is 5.92 Å². The van der Waals surface area contributed by atoms with Crippen molar-refractivity contribution < 1.29 is 17.9 Å². The standard InChI is InChI=1S/C24H32N2O4S/c1-4-19-6-8-20(9-7-19)18(3)25-24(27)21-14-16-26(17-15-21)31(28,29)23-12-10-22(11-13-23)30-5-2/h6-13,18,21H,4-5,14-17H2,1-3H3,(H,25,27). The third-order valence-corrected chi connectivity index (χ3v) is 7.76. The number of hydrogen-bond acceptors (Lipinski definition) is 4. The maximum Gasteiger partial charge on any atom is 0.243 e. The van der Waals surface area contributed by atoms with Crippen LogP contribution in [0.5, 0.6) is 5.75 Å². The monoisotopic (exact) mass is 444 g/mol. The average molecular weight is 445 g/mol. The fraction of sp³-hybridized carbons (Fsp3) is 0.458. The van der Waals surface area contributed by atoms with E-state index < -0.39 is 10.0 Å². The SMILES string of the molecule is CCOc1ccc(S(=O)(=O)N2CCC(C(=O)NC(C)c3ccc(CC)cc3)CC2)cc1. The fourth-order valence-corrected chi connectivity index (χ4v) is 5.31. The summed E-state index contributed by atoms with van der Waals surface area (Å²) in [6.07, 6.45) is 2.02. The van der Waals surface area contributed by atoms with Crippen molar-refractivity contribution in [3.63, 3.8) is 0 Å². The Labute approximate surface area is 185 Å². The number of rotatable bonds is 8. The topological polar surface area (TPSA) is 75.7 Å². The number of aryl methyl sites for hydroxylation is 1. The molecule has 1 unspecified atom stereocenters. The van der Waals surface area contributed by atoms with Gasteiger partial charge in [0.15, 0.2) is 0 Å². The van der Waals surface area contributed by atoms with Gasteiger partial charge < -0.3 is 10.1 Å². The third kappa shape index (κ3) is 5.66. The molecule has 2 aromatic carbocycles. The minimum absolute atomic E-state index is 0.00909. The lowest BCUT2D eigenvalue weighted by Gasteiger charge is -2.31. The van der Waals surface area contributed by atoms with Gasteiger partial charge in [-0.25, -0.2) is 8.42 Å². The van der Waals surface area contributed by atoms with Crippen molar-refractivity contribution in [1.29, 1.82) is 0 Å². The van der Waals surface area contributed by atoms with Crippen LogP contribution in [0.1, 0.15) is 50.8 Å². The zero-order chi connectivity index (χ0) is 22.4. The molecule has 0 aliphatic carbocycles. The van der Waals surface area contributed by atoms with E-state index in [1.807, 2.05) is 13.8 Å². The molecular formula is C24H32N2O4S. The molecule has 0 aromatic heterocycles. The predicted molar refractivity (Wildman–Crippen MR) is 121 cm³/mol. The minimum Gasteiger partial charge on any atom is -0.494 e. The Kier molecular flexibility index (Phi) is 7.73. The van der Waals surface area contributed by atoms with Gasteiger partial charge in [-0.2, -0.15) is 4.31 Å². The lowest BCUT2D eigenvalue weighted by molar-refractivity contribution is -0.126. The highest BCUT2D eigenvalue weighted by Gasteiger charge is 2.32. The van der Waals surface area contributed by atoms with E-state index in [-0.39, 0.29) is 22.8 Å². The number of ether oxygens (including phenoxy) is 1. The second kappa shape index (κ2) is 10.3. The number of amides is 1. The number of carbonyl (C=O) groups is 1. The Hall–Kier alpha value is -2.38. The van der Waals surface area contributed by atoms with E-state index in [0.29, 0.717) is 38.3 Å². The molecule has 2 aromatic rings. The van der Waals surface area contributed by atoms with Gasteiger partial charge in [0, 0.05) is 19.0 Å². The van der Waals surface area contributed by atoms with Gasteiger partial charge in [-0.1, -0.05) is 31.2 Å². The summed E-state index contributed by atoms with van der Waals surface area (Å²) in [7, 11) is -3.57. The molecule has 0 bridgehead atoms. The van der Waals surface area contributed by atoms with Crippen LogP contribution in [0.3, 0.4) is 0 Å². The number of benzene rings is 2. The molecule has 0 saturated carbocycles. The summed E-state index contributed by atoms with van der Waals surface area (Å²) in [4.78, 5) is 13.0. The molecule has 1 aliphatic heterocycles. The van der Waals surface area contributed by atoms with Crippen molar-refractivity contribution in [2.45, 2.75) is 51.0 Å². The maximum absolute atomic E-state index is 12.9. The van der Waals surface area contributed by atoms with Crippen molar-refractivity contribution in [3.8, 4) is 5.75 Å². The van der Waals surface area contributed by atoms with Crippen LogP contribution in [-0.4, -0.2) is 38.3 Å². The van der Waals surface area contributed by atoms with E-state index in [0.717, 1.165) is 12.0 Å². The van der Waals surface area contributed by atoms with Crippen molar-refractivity contribution in [1.82, 2.24) is 9.62 Å². The van der Waals surface area contributed by atoms with Gasteiger partial charge in [-0.15, -0.1) is 0 Å². The van der Waals surface area contributed by atoms with Gasteiger partial charge in [0.2, 0.25) is 15.9 Å². The predicted octanol–water partition coefficient (Wildman–Crippen LogP) is 3.93. The highest BCUT2D eigenvalue weighted by atomic mass is 32.2. The highest BCUT2D eigenvalue weighted by Crippen LogP contribution is 2.26. The first-order valence-electron chi connectivity index (χ1n) is 11.0. The van der Waals surface area contributed by atoms with Crippen molar-refractivity contribution in [3.05, 3.63) is 59.7 Å². The second-order valence-corrected chi connectivity index (χ2v) is 9.85. The number of nitrogens with one attached hydrogen (secondary N) is 1. The Morgan fingerprint density at radius 1 is 1.06 bits per heavy atom. The molecule has 1 saturated heterocycles. The molecule has 7 heteroatoms. The average Bonchev–Trinajstić information content (AvgIpc) is 2.79. The largest absolute Gasteiger partial charge is 0.494 e. The summed E-state index contributed by atoms with van der Waals surface area (Å²) in [6.45, 7) is 7.19. The van der Waals surface area contributed by atoms with E-state index in [2.05, 4.69) is 36.5 Å². The zero-order valence-electron chi connectivity index (χ0n) is 18.5.